The van der Waals surface area contributed by atoms with Gasteiger partial charge < -0.3 is 10.6 Å². The molecule has 1 unspecified atom stereocenters. The first-order valence-electron chi connectivity index (χ1n) is 8.98. The maximum Gasteiger partial charge on any atom is 0.401 e. The molecule has 1 aromatic rings. The Hall–Kier alpha value is -0.750. The Balaban J connectivity index is 0.00000392. The summed E-state index contributed by atoms with van der Waals surface area (Å²) in [6, 6.07) is 6.42. The molecule has 1 fully saturated rings. The molecule has 1 aliphatic heterocycles. The lowest BCUT2D eigenvalue weighted by atomic mass is 10.1. The van der Waals surface area contributed by atoms with E-state index < -0.39 is 12.7 Å². The second-order valence-corrected chi connectivity index (χ2v) is 7.71. The number of hydrogen-bond acceptors (Lipinski definition) is 3. The number of rotatable bonds is 8. The number of nitrogens with one attached hydrogen (secondary N) is 2. The maximum atomic E-state index is 12.8. The fraction of sp³-hybridized carbons (Fsp3) is 0.611. The molecule has 0 bridgehead atoms. The highest BCUT2D eigenvalue weighted by molar-refractivity contribution is 14.0. The minimum absolute atomic E-state index is 0. The van der Waals surface area contributed by atoms with Crippen molar-refractivity contribution in [2.75, 3.05) is 45.5 Å². The molecule has 1 heterocycles. The predicted octanol–water partition coefficient (Wildman–Crippen LogP) is 3.98. The van der Waals surface area contributed by atoms with Crippen LogP contribution in [0.5, 0.6) is 0 Å². The van der Waals surface area contributed by atoms with Crippen molar-refractivity contribution in [1.29, 1.82) is 0 Å². The van der Waals surface area contributed by atoms with Crippen LogP contribution < -0.4 is 10.6 Å². The standard InChI is InChI=1S/C18H26F4N4S.HI/c1-23-17(24-8-2-10-27-16-5-3-15(19)4-6-16)25-11-14-7-9-26(12-14)13-18(20,21)22;/h3-6,14H,2,7-13H2,1H3,(H2,23,24,25);1H. The van der Waals surface area contributed by atoms with Crippen LogP contribution in [-0.2, 0) is 0 Å². The second-order valence-electron chi connectivity index (χ2n) is 6.54. The molecule has 1 aliphatic rings. The summed E-state index contributed by atoms with van der Waals surface area (Å²) in [5.74, 6) is 1.51. The third-order valence-electron chi connectivity index (χ3n) is 4.25. The van der Waals surface area contributed by atoms with Gasteiger partial charge in [-0.1, -0.05) is 0 Å². The van der Waals surface area contributed by atoms with Crippen molar-refractivity contribution in [3.8, 4) is 0 Å². The largest absolute Gasteiger partial charge is 0.401 e. The van der Waals surface area contributed by atoms with Gasteiger partial charge in [0.2, 0.25) is 0 Å². The normalized spacial score (nSPS) is 18.0. The van der Waals surface area contributed by atoms with E-state index in [1.165, 1.54) is 17.0 Å². The molecule has 2 rings (SSSR count). The fourth-order valence-electron chi connectivity index (χ4n) is 2.94. The second kappa shape index (κ2) is 12.7. The van der Waals surface area contributed by atoms with E-state index in [0.717, 1.165) is 30.0 Å². The van der Waals surface area contributed by atoms with Crippen molar-refractivity contribution < 1.29 is 17.6 Å². The summed E-state index contributed by atoms with van der Waals surface area (Å²) in [5, 5.41) is 6.40. The molecule has 0 spiro atoms. The summed E-state index contributed by atoms with van der Waals surface area (Å²) in [5.41, 5.74) is 0. The maximum absolute atomic E-state index is 12.8. The lowest BCUT2D eigenvalue weighted by Gasteiger charge is -2.18. The van der Waals surface area contributed by atoms with E-state index in [0.29, 0.717) is 25.6 Å². The number of alkyl halides is 3. The van der Waals surface area contributed by atoms with Crippen LogP contribution in [0.15, 0.2) is 34.2 Å². The SMILES string of the molecule is CN=C(NCCCSc1ccc(F)cc1)NCC1CCN(CC(F)(F)F)C1.I. The lowest BCUT2D eigenvalue weighted by Crippen LogP contribution is -2.41. The summed E-state index contributed by atoms with van der Waals surface area (Å²) < 4.78 is 50.1. The molecule has 10 heteroatoms. The minimum Gasteiger partial charge on any atom is -0.356 e. The van der Waals surface area contributed by atoms with Crippen LogP contribution in [0.4, 0.5) is 17.6 Å². The van der Waals surface area contributed by atoms with Crippen LogP contribution >= 0.6 is 35.7 Å². The first kappa shape index (κ1) is 25.3. The average Bonchev–Trinajstić information content (AvgIpc) is 3.04. The topological polar surface area (TPSA) is 39.7 Å². The molecule has 1 atom stereocenters. The molecule has 2 N–H and O–H groups in total. The molecule has 1 aromatic carbocycles. The zero-order valence-corrected chi connectivity index (χ0v) is 18.9. The summed E-state index contributed by atoms with van der Waals surface area (Å²) in [7, 11) is 1.67. The van der Waals surface area contributed by atoms with Crippen molar-refractivity contribution in [2.45, 2.75) is 23.9 Å². The smallest absolute Gasteiger partial charge is 0.356 e. The first-order chi connectivity index (χ1) is 12.9. The quantitative estimate of drug-likeness (QED) is 0.132. The zero-order chi connectivity index (χ0) is 19.7. The van der Waals surface area contributed by atoms with E-state index in [4.69, 9.17) is 0 Å². The Morgan fingerprint density at radius 3 is 2.61 bits per heavy atom. The molecule has 0 saturated carbocycles. The van der Waals surface area contributed by atoms with E-state index in [9.17, 15) is 17.6 Å². The monoisotopic (exact) mass is 534 g/mol. The van der Waals surface area contributed by atoms with E-state index in [2.05, 4.69) is 15.6 Å². The van der Waals surface area contributed by atoms with Crippen LogP contribution in [0.2, 0.25) is 0 Å². The van der Waals surface area contributed by atoms with Gasteiger partial charge in [0.15, 0.2) is 5.96 Å². The third kappa shape index (κ3) is 10.1. The highest BCUT2D eigenvalue weighted by Crippen LogP contribution is 2.22. The van der Waals surface area contributed by atoms with Gasteiger partial charge in [-0.3, -0.25) is 9.89 Å². The Labute approximate surface area is 184 Å². The molecule has 160 valence electrons. The van der Waals surface area contributed by atoms with Gasteiger partial charge in [-0.25, -0.2) is 4.39 Å². The summed E-state index contributed by atoms with van der Waals surface area (Å²) in [4.78, 5) is 6.63. The van der Waals surface area contributed by atoms with E-state index in [-0.39, 0.29) is 35.7 Å². The van der Waals surface area contributed by atoms with Crippen LogP contribution in [0.1, 0.15) is 12.8 Å². The van der Waals surface area contributed by atoms with Gasteiger partial charge in [-0.15, -0.1) is 35.7 Å². The Kier molecular flexibility index (Phi) is 11.5. The Morgan fingerprint density at radius 2 is 1.96 bits per heavy atom. The number of hydrogen-bond donors (Lipinski definition) is 2. The molecular formula is C18H27F4IN4S. The molecule has 0 aromatic heterocycles. The van der Waals surface area contributed by atoms with Crippen molar-refractivity contribution in [2.24, 2.45) is 10.9 Å². The van der Waals surface area contributed by atoms with Gasteiger partial charge in [0.05, 0.1) is 6.54 Å². The Bertz CT molecular complexity index is 598. The van der Waals surface area contributed by atoms with Gasteiger partial charge in [0.1, 0.15) is 5.82 Å². The van der Waals surface area contributed by atoms with Gasteiger partial charge >= 0.3 is 6.18 Å². The van der Waals surface area contributed by atoms with E-state index in [1.807, 2.05) is 0 Å². The lowest BCUT2D eigenvalue weighted by molar-refractivity contribution is -0.143. The van der Waals surface area contributed by atoms with Crippen LogP contribution in [0.25, 0.3) is 0 Å². The number of aliphatic imine (C=N–C) groups is 1. The Morgan fingerprint density at radius 1 is 1.25 bits per heavy atom. The number of guanidine groups is 1. The number of thioether (sulfide) groups is 1. The third-order valence-corrected chi connectivity index (χ3v) is 5.35. The molecule has 28 heavy (non-hydrogen) atoms. The van der Waals surface area contributed by atoms with Gasteiger partial charge in [-0.2, -0.15) is 13.2 Å². The fourth-order valence-corrected chi connectivity index (χ4v) is 3.79. The number of nitrogens with zero attached hydrogens (tertiary/aromatic N) is 2. The van der Waals surface area contributed by atoms with Crippen molar-refractivity contribution in [1.82, 2.24) is 15.5 Å². The number of benzene rings is 1. The van der Waals surface area contributed by atoms with Crippen LogP contribution in [0.3, 0.4) is 0 Å². The molecule has 4 nitrogen and oxygen atoms in total. The highest BCUT2D eigenvalue weighted by atomic mass is 127. The molecule has 0 amide bonds. The summed E-state index contributed by atoms with van der Waals surface area (Å²) >= 11 is 1.66. The van der Waals surface area contributed by atoms with Gasteiger partial charge in [-0.05, 0) is 55.3 Å². The van der Waals surface area contributed by atoms with Crippen molar-refractivity contribution >= 4 is 41.7 Å². The minimum atomic E-state index is -4.13. The van der Waals surface area contributed by atoms with E-state index in [1.54, 1.807) is 30.9 Å². The first-order valence-corrected chi connectivity index (χ1v) is 9.96. The van der Waals surface area contributed by atoms with Gasteiger partial charge in [0, 0.05) is 31.6 Å². The number of halogens is 5. The zero-order valence-electron chi connectivity index (χ0n) is 15.8. The average molecular weight is 534 g/mol. The highest BCUT2D eigenvalue weighted by Gasteiger charge is 2.34. The van der Waals surface area contributed by atoms with E-state index >= 15 is 0 Å². The van der Waals surface area contributed by atoms with Crippen LogP contribution in [0, 0.1) is 11.7 Å². The molecule has 0 aliphatic carbocycles. The van der Waals surface area contributed by atoms with Gasteiger partial charge in [0.25, 0.3) is 0 Å². The summed E-state index contributed by atoms with van der Waals surface area (Å²) in [6.07, 6.45) is -2.47. The molecule has 1 saturated heterocycles. The predicted molar refractivity (Wildman–Crippen MR) is 117 cm³/mol. The summed E-state index contributed by atoms with van der Waals surface area (Å²) in [6.45, 7) is 1.45. The van der Waals surface area contributed by atoms with Crippen molar-refractivity contribution in [3.63, 3.8) is 0 Å². The van der Waals surface area contributed by atoms with Crippen LogP contribution in [-0.4, -0.2) is 62.6 Å². The number of likely N-dealkylation sites (tertiary alicyclic amines) is 1. The molecular weight excluding hydrogens is 507 g/mol. The molecule has 0 radical (unpaired) electrons. The van der Waals surface area contributed by atoms with Crippen molar-refractivity contribution in [3.05, 3.63) is 30.1 Å².